The van der Waals surface area contributed by atoms with Crippen molar-refractivity contribution in [2.24, 2.45) is 5.41 Å². The van der Waals surface area contributed by atoms with Crippen LogP contribution in [0.15, 0.2) is 34.9 Å². The molecule has 1 heterocycles. The van der Waals surface area contributed by atoms with Crippen LogP contribution in [0.2, 0.25) is 0 Å². The molecule has 0 saturated heterocycles. The van der Waals surface area contributed by atoms with Gasteiger partial charge in [-0.05, 0) is 12.2 Å². The molecule has 1 N–H and O–H groups in total. The summed E-state index contributed by atoms with van der Waals surface area (Å²) >= 11 is 0. The lowest BCUT2D eigenvalue weighted by Crippen LogP contribution is -2.36. The summed E-state index contributed by atoms with van der Waals surface area (Å²) in [6.07, 6.45) is 6.92. The van der Waals surface area contributed by atoms with Gasteiger partial charge >= 0.3 is 0 Å². The van der Waals surface area contributed by atoms with Crippen molar-refractivity contribution >= 4 is 15.7 Å². The first kappa shape index (κ1) is 11.1. The second kappa shape index (κ2) is 3.31. The first-order valence-electron chi connectivity index (χ1n) is 4.96. The van der Waals surface area contributed by atoms with Gasteiger partial charge in [0.25, 0.3) is 0 Å². The van der Waals surface area contributed by atoms with E-state index in [0.717, 1.165) is 0 Å². The van der Waals surface area contributed by atoms with Gasteiger partial charge < -0.3 is 5.32 Å². The molecule has 2 rings (SSSR count). The van der Waals surface area contributed by atoms with E-state index in [4.69, 9.17) is 0 Å². The Labute approximate surface area is 94.6 Å². The second-order valence-corrected chi connectivity index (χ2v) is 6.53. The molecule has 0 saturated carbocycles. The second-order valence-electron chi connectivity index (χ2n) is 4.57. The maximum Gasteiger partial charge on any atom is 0.239 e. The van der Waals surface area contributed by atoms with E-state index in [2.05, 4.69) is 5.32 Å². The van der Waals surface area contributed by atoms with Crippen LogP contribution >= 0.6 is 0 Å². The molecule has 1 aliphatic carbocycles. The van der Waals surface area contributed by atoms with Gasteiger partial charge in [-0.1, -0.05) is 26.0 Å². The van der Waals surface area contributed by atoms with Crippen molar-refractivity contribution in [3.8, 4) is 0 Å². The number of carbonyl (C=O) groups excluding carboxylic acids is 1. The number of amides is 1. The number of rotatable bonds is 0. The Morgan fingerprint density at radius 2 is 1.88 bits per heavy atom. The predicted molar refractivity (Wildman–Crippen MR) is 61.0 cm³/mol. The van der Waals surface area contributed by atoms with Crippen molar-refractivity contribution in [3.05, 3.63) is 34.9 Å². The third kappa shape index (κ3) is 1.95. The van der Waals surface area contributed by atoms with E-state index in [-0.39, 0.29) is 10.3 Å². The van der Waals surface area contributed by atoms with Gasteiger partial charge in [-0.15, -0.1) is 0 Å². The number of hydrogen-bond acceptors (Lipinski definition) is 3. The molecule has 0 atom stereocenters. The molecule has 0 aromatic heterocycles. The van der Waals surface area contributed by atoms with E-state index >= 15 is 0 Å². The number of carbonyl (C=O) groups is 1. The highest BCUT2D eigenvalue weighted by molar-refractivity contribution is 7.96. The third-order valence-corrected chi connectivity index (χ3v) is 4.21. The Morgan fingerprint density at radius 1 is 1.25 bits per heavy atom. The fourth-order valence-electron chi connectivity index (χ4n) is 1.63. The smallest absolute Gasteiger partial charge is 0.239 e. The number of hydrogen-bond donors (Lipinski definition) is 1. The minimum atomic E-state index is -3.48. The third-order valence-electron chi connectivity index (χ3n) is 2.54. The van der Waals surface area contributed by atoms with Gasteiger partial charge in [0, 0.05) is 5.41 Å². The highest BCUT2D eigenvalue weighted by Crippen LogP contribution is 2.28. The van der Waals surface area contributed by atoms with Crippen molar-refractivity contribution in [1.29, 1.82) is 0 Å². The summed E-state index contributed by atoms with van der Waals surface area (Å²) in [7, 11) is -3.48. The molecule has 86 valence electrons. The Hall–Kier alpha value is -1.36. The number of allylic oxidation sites excluding steroid dienone is 4. The zero-order valence-corrected chi connectivity index (χ0v) is 9.97. The fraction of sp³-hybridized carbons (Fsp3) is 0.364. The molecule has 0 aromatic rings. The van der Waals surface area contributed by atoms with Gasteiger partial charge in [-0.2, -0.15) is 0 Å². The molecule has 0 aromatic carbocycles. The quantitative estimate of drug-likeness (QED) is 0.683. The largest absolute Gasteiger partial charge is 0.324 e. The average Bonchev–Trinajstić information content (AvgIpc) is 2.24. The molecule has 4 nitrogen and oxygen atoms in total. The van der Waals surface area contributed by atoms with E-state index < -0.39 is 21.5 Å². The van der Waals surface area contributed by atoms with Crippen molar-refractivity contribution in [2.45, 2.75) is 13.8 Å². The van der Waals surface area contributed by atoms with Gasteiger partial charge in [0.1, 0.15) is 5.75 Å². The van der Waals surface area contributed by atoms with E-state index in [1.807, 2.05) is 26.0 Å². The predicted octanol–water partition coefficient (Wildman–Crippen LogP) is 0.895. The number of sulfone groups is 1. The Morgan fingerprint density at radius 3 is 2.56 bits per heavy atom. The van der Waals surface area contributed by atoms with Crippen molar-refractivity contribution in [3.63, 3.8) is 0 Å². The summed E-state index contributed by atoms with van der Waals surface area (Å²) in [6, 6.07) is 0. The first-order valence-corrected chi connectivity index (χ1v) is 6.61. The highest BCUT2D eigenvalue weighted by Gasteiger charge is 2.30. The molecule has 0 spiro atoms. The van der Waals surface area contributed by atoms with Crippen LogP contribution in [0.4, 0.5) is 0 Å². The molecule has 1 amide bonds. The first-order chi connectivity index (χ1) is 7.30. The summed E-state index contributed by atoms with van der Waals surface area (Å²) in [4.78, 5) is 11.4. The minimum absolute atomic E-state index is 0.203. The molecular formula is C11H13NO3S. The molecule has 1 aliphatic heterocycles. The molecular weight excluding hydrogens is 226 g/mol. The van der Waals surface area contributed by atoms with E-state index in [1.165, 1.54) is 0 Å². The standard InChI is InChI=1S/C11H13NO3S/c1-11(2)5-3-8-9(4-6-11)16(14,15)7-10(13)12-8/h3-6H,7H2,1-2H3,(H,12,13). The van der Waals surface area contributed by atoms with E-state index in [0.29, 0.717) is 5.70 Å². The molecule has 0 radical (unpaired) electrons. The van der Waals surface area contributed by atoms with Crippen LogP contribution in [-0.4, -0.2) is 20.1 Å². The van der Waals surface area contributed by atoms with Crippen LogP contribution in [0.25, 0.3) is 0 Å². The van der Waals surface area contributed by atoms with Gasteiger partial charge in [0.2, 0.25) is 5.91 Å². The molecule has 16 heavy (non-hydrogen) atoms. The topological polar surface area (TPSA) is 63.2 Å². The van der Waals surface area contributed by atoms with Crippen LogP contribution in [0, 0.1) is 5.41 Å². The van der Waals surface area contributed by atoms with Crippen LogP contribution in [0.3, 0.4) is 0 Å². The summed E-state index contributed by atoms with van der Waals surface area (Å²) in [5.41, 5.74) is 0.162. The molecule has 0 fully saturated rings. The zero-order valence-electron chi connectivity index (χ0n) is 9.15. The molecule has 5 heteroatoms. The summed E-state index contributed by atoms with van der Waals surface area (Å²) in [5, 5.41) is 2.58. The monoisotopic (exact) mass is 239 g/mol. The van der Waals surface area contributed by atoms with Crippen LogP contribution < -0.4 is 5.32 Å². The summed E-state index contributed by atoms with van der Waals surface area (Å²) in [6.45, 7) is 3.93. The van der Waals surface area contributed by atoms with Gasteiger partial charge in [-0.25, -0.2) is 8.42 Å². The van der Waals surface area contributed by atoms with Crippen molar-refractivity contribution in [1.82, 2.24) is 5.32 Å². The molecule has 2 aliphatic rings. The molecule has 0 bridgehead atoms. The van der Waals surface area contributed by atoms with Crippen molar-refractivity contribution in [2.75, 3.05) is 5.75 Å². The van der Waals surface area contributed by atoms with E-state index in [1.54, 1.807) is 12.2 Å². The summed E-state index contributed by atoms with van der Waals surface area (Å²) in [5.74, 6) is -0.943. The Bertz CT molecular complexity index is 536. The minimum Gasteiger partial charge on any atom is -0.324 e. The Kier molecular flexibility index (Phi) is 2.31. The lowest BCUT2D eigenvalue weighted by atomic mass is 9.93. The van der Waals surface area contributed by atoms with Crippen LogP contribution in [0.5, 0.6) is 0 Å². The van der Waals surface area contributed by atoms with Crippen LogP contribution in [0.1, 0.15) is 13.8 Å². The maximum atomic E-state index is 11.8. The fourth-order valence-corrected chi connectivity index (χ4v) is 2.93. The van der Waals surface area contributed by atoms with Gasteiger partial charge in [0.05, 0.1) is 10.6 Å². The van der Waals surface area contributed by atoms with Gasteiger partial charge in [0.15, 0.2) is 9.84 Å². The maximum absolute atomic E-state index is 11.8. The Balaban J connectivity index is 2.59. The van der Waals surface area contributed by atoms with Crippen LogP contribution in [-0.2, 0) is 14.6 Å². The molecule has 0 unspecified atom stereocenters. The summed E-state index contributed by atoms with van der Waals surface area (Å²) < 4.78 is 23.6. The van der Waals surface area contributed by atoms with Gasteiger partial charge in [-0.3, -0.25) is 4.79 Å². The zero-order chi connectivity index (χ0) is 12.0. The lowest BCUT2D eigenvalue weighted by molar-refractivity contribution is -0.118. The van der Waals surface area contributed by atoms with Crippen molar-refractivity contribution < 1.29 is 13.2 Å². The normalized spacial score (nSPS) is 26.0. The lowest BCUT2D eigenvalue weighted by Gasteiger charge is -2.16. The van der Waals surface area contributed by atoms with E-state index in [9.17, 15) is 13.2 Å². The number of nitrogens with one attached hydrogen (secondary N) is 1. The average molecular weight is 239 g/mol. The SMILES string of the molecule is CC1(C)C=CC2=C(C=C1)S(=O)(=O)CC(=O)N2. The highest BCUT2D eigenvalue weighted by atomic mass is 32.2.